The summed E-state index contributed by atoms with van der Waals surface area (Å²) in [5.41, 5.74) is 22.3. The average molecular weight is 947 g/mol. The number of benzene rings is 12. The van der Waals surface area contributed by atoms with Gasteiger partial charge in [0.15, 0.2) is 0 Å². The summed E-state index contributed by atoms with van der Waals surface area (Å²) in [6, 6.07) is 94.6. The lowest BCUT2D eigenvalue weighted by Gasteiger charge is -2.27. The second-order valence-corrected chi connectivity index (χ2v) is 21.3. The third-order valence-electron chi connectivity index (χ3n) is 16.4. The SMILES string of the molecule is CC1(C)c2ccccc2-c2cc(N(c3ccccc3)c3ccc(-c4cc5cc(-c6ccc(N(c7ccccc7)c7ccc8c(c7)-c7ccccc7C8(C)C)cc6)c6ccccc6c5c5ccccc45)cc3)ccc21. The van der Waals surface area contributed by atoms with Crippen molar-refractivity contribution in [2.24, 2.45) is 0 Å². The summed E-state index contributed by atoms with van der Waals surface area (Å²) in [5.74, 6) is 0. The molecule has 0 unspecified atom stereocenters. The van der Waals surface area contributed by atoms with Crippen molar-refractivity contribution >= 4 is 66.4 Å². The van der Waals surface area contributed by atoms with Crippen LogP contribution in [0.5, 0.6) is 0 Å². The topological polar surface area (TPSA) is 6.48 Å². The van der Waals surface area contributed by atoms with Crippen LogP contribution in [0.1, 0.15) is 49.9 Å². The van der Waals surface area contributed by atoms with E-state index in [9.17, 15) is 0 Å². The van der Waals surface area contributed by atoms with Crippen LogP contribution in [0.4, 0.5) is 34.1 Å². The predicted octanol–water partition coefficient (Wildman–Crippen LogP) is 20.0. The first-order valence-corrected chi connectivity index (χ1v) is 26.0. The quantitative estimate of drug-likeness (QED) is 0.140. The minimum absolute atomic E-state index is 0.0515. The van der Waals surface area contributed by atoms with E-state index < -0.39 is 0 Å². The van der Waals surface area contributed by atoms with Gasteiger partial charge in [0, 0.05) is 45.0 Å². The van der Waals surface area contributed by atoms with Gasteiger partial charge in [-0.15, -0.1) is 0 Å². The Morgan fingerprint density at radius 1 is 0.243 bits per heavy atom. The van der Waals surface area contributed by atoms with E-state index in [4.69, 9.17) is 0 Å². The third-order valence-corrected chi connectivity index (χ3v) is 16.4. The molecule has 74 heavy (non-hydrogen) atoms. The molecule has 0 saturated carbocycles. The zero-order chi connectivity index (χ0) is 49.7. The number of para-hydroxylation sites is 2. The van der Waals surface area contributed by atoms with Crippen LogP contribution in [-0.2, 0) is 10.8 Å². The monoisotopic (exact) mass is 946 g/mol. The fraction of sp³-hybridized carbons (Fsp3) is 0.0833. The van der Waals surface area contributed by atoms with E-state index >= 15 is 0 Å². The molecule has 0 saturated heterocycles. The molecule has 0 aliphatic heterocycles. The molecule has 14 rings (SSSR count). The molecule has 352 valence electrons. The molecule has 2 aliphatic carbocycles. The molecule has 0 heterocycles. The molecule has 0 aromatic heterocycles. The second kappa shape index (κ2) is 16.8. The molecule has 0 N–H and O–H groups in total. The first-order valence-electron chi connectivity index (χ1n) is 26.0. The molecular weight excluding hydrogens is 893 g/mol. The summed E-state index contributed by atoms with van der Waals surface area (Å²) in [6.07, 6.45) is 0. The van der Waals surface area contributed by atoms with Crippen LogP contribution in [0.2, 0.25) is 0 Å². The first-order chi connectivity index (χ1) is 36.2. The number of hydrogen-bond donors (Lipinski definition) is 0. The lowest BCUT2D eigenvalue weighted by Crippen LogP contribution is -2.15. The lowest BCUT2D eigenvalue weighted by molar-refractivity contribution is 0.660. The van der Waals surface area contributed by atoms with Crippen LogP contribution < -0.4 is 9.80 Å². The van der Waals surface area contributed by atoms with Crippen LogP contribution in [0.15, 0.2) is 255 Å². The van der Waals surface area contributed by atoms with E-state index in [-0.39, 0.29) is 10.8 Å². The molecule has 0 spiro atoms. The summed E-state index contributed by atoms with van der Waals surface area (Å²) in [4.78, 5) is 4.79. The molecule has 0 radical (unpaired) electrons. The smallest absolute Gasteiger partial charge is 0.0468 e. The van der Waals surface area contributed by atoms with Crippen LogP contribution in [0, 0.1) is 0 Å². The summed E-state index contributed by atoms with van der Waals surface area (Å²) in [6.45, 7) is 9.38. The number of nitrogens with zero attached hydrogens (tertiary/aromatic N) is 2. The van der Waals surface area contributed by atoms with Gasteiger partial charge in [0.25, 0.3) is 0 Å². The molecule has 0 bridgehead atoms. The Morgan fingerprint density at radius 3 is 0.986 bits per heavy atom. The van der Waals surface area contributed by atoms with E-state index in [1.54, 1.807) is 0 Å². The molecule has 2 nitrogen and oxygen atoms in total. The number of rotatable bonds is 8. The maximum absolute atomic E-state index is 2.43. The van der Waals surface area contributed by atoms with Crippen LogP contribution in [0.3, 0.4) is 0 Å². The molecule has 12 aromatic carbocycles. The predicted molar refractivity (Wildman–Crippen MR) is 314 cm³/mol. The van der Waals surface area contributed by atoms with Gasteiger partial charge in [-0.25, -0.2) is 0 Å². The summed E-state index contributed by atoms with van der Waals surface area (Å²) < 4.78 is 0. The lowest BCUT2D eigenvalue weighted by atomic mass is 9.82. The zero-order valence-corrected chi connectivity index (χ0v) is 42.1. The van der Waals surface area contributed by atoms with E-state index in [0.717, 1.165) is 34.1 Å². The molecule has 12 aromatic rings. The Kier molecular flexibility index (Phi) is 9.94. The molecule has 0 amide bonds. The highest BCUT2D eigenvalue weighted by Crippen LogP contribution is 2.53. The molecular formula is C72H54N2. The van der Waals surface area contributed by atoms with E-state index in [0.29, 0.717) is 0 Å². The highest BCUT2D eigenvalue weighted by Gasteiger charge is 2.37. The molecule has 2 heteroatoms. The normalized spacial score (nSPS) is 13.6. The number of hydrogen-bond acceptors (Lipinski definition) is 2. The second-order valence-electron chi connectivity index (χ2n) is 21.3. The van der Waals surface area contributed by atoms with Crippen molar-refractivity contribution < 1.29 is 0 Å². The maximum Gasteiger partial charge on any atom is 0.0468 e. The number of anilines is 6. The molecule has 0 fully saturated rings. The van der Waals surface area contributed by atoms with E-state index in [1.807, 2.05) is 0 Å². The fourth-order valence-corrected chi connectivity index (χ4v) is 12.8. The van der Waals surface area contributed by atoms with Gasteiger partial charge in [0.2, 0.25) is 0 Å². The highest BCUT2D eigenvalue weighted by molar-refractivity contribution is 6.25. The summed E-state index contributed by atoms with van der Waals surface area (Å²) >= 11 is 0. The Labute approximate surface area is 434 Å². The maximum atomic E-state index is 2.43. The van der Waals surface area contributed by atoms with Gasteiger partial charge in [-0.05, 0) is 184 Å². The summed E-state index contributed by atoms with van der Waals surface area (Å²) in [7, 11) is 0. The third kappa shape index (κ3) is 6.78. The van der Waals surface area contributed by atoms with Crippen molar-refractivity contribution in [1.82, 2.24) is 0 Å². The van der Waals surface area contributed by atoms with Crippen LogP contribution >= 0.6 is 0 Å². The zero-order valence-electron chi connectivity index (χ0n) is 42.1. The van der Waals surface area contributed by atoms with Crippen molar-refractivity contribution in [2.75, 3.05) is 9.80 Å². The number of fused-ring (bicyclic) bond motifs is 11. The standard InChI is InChI=1S/C72H54N2/c1-71(2)66-29-17-15-25-58(66)64-45-54(39-41-68(64)71)73(50-19-7-5-8-20-50)52-35-31-47(32-36-52)62-43-49-44-63(57-24-12-14-28-61(57)70(49)60-27-13-11-23-56(60)62)48-33-37-53(38-34-48)74(51-21-9-6-10-22-51)55-40-42-69-65(46-55)59-26-16-18-30-67(59)72(69,3)4/h5-46H,1-4H3. The highest BCUT2D eigenvalue weighted by atomic mass is 15.1. The van der Waals surface area contributed by atoms with Crippen molar-refractivity contribution in [3.05, 3.63) is 277 Å². The average Bonchev–Trinajstić information content (AvgIpc) is 3.85. The van der Waals surface area contributed by atoms with Gasteiger partial charge < -0.3 is 9.80 Å². The Hall–Kier alpha value is -8.98. The van der Waals surface area contributed by atoms with E-state index in [1.165, 1.54) is 99.1 Å². The largest absolute Gasteiger partial charge is 0.310 e. The van der Waals surface area contributed by atoms with Gasteiger partial charge in [-0.2, -0.15) is 0 Å². The Morgan fingerprint density at radius 2 is 0.568 bits per heavy atom. The van der Waals surface area contributed by atoms with Crippen molar-refractivity contribution in [1.29, 1.82) is 0 Å². The summed E-state index contributed by atoms with van der Waals surface area (Å²) in [5, 5.41) is 7.51. The molecule has 2 aliphatic rings. The molecule has 0 atom stereocenters. The van der Waals surface area contributed by atoms with Crippen LogP contribution in [-0.4, -0.2) is 0 Å². The van der Waals surface area contributed by atoms with Crippen molar-refractivity contribution in [3.63, 3.8) is 0 Å². The minimum atomic E-state index is -0.0515. The van der Waals surface area contributed by atoms with Gasteiger partial charge in [-0.1, -0.05) is 198 Å². The first kappa shape index (κ1) is 43.8. The van der Waals surface area contributed by atoms with Gasteiger partial charge >= 0.3 is 0 Å². The minimum Gasteiger partial charge on any atom is -0.310 e. The van der Waals surface area contributed by atoms with Crippen molar-refractivity contribution in [3.8, 4) is 44.5 Å². The van der Waals surface area contributed by atoms with E-state index in [2.05, 4.69) is 292 Å². The Bertz CT molecular complexity index is 3900. The van der Waals surface area contributed by atoms with Crippen LogP contribution in [0.25, 0.3) is 76.8 Å². The Balaban J connectivity index is 0.865. The van der Waals surface area contributed by atoms with Gasteiger partial charge in [-0.3, -0.25) is 0 Å². The fourth-order valence-electron chi connectivity index (χ4n) is 12.8. The van der Waals surface area contributed by atoms with Crippen molar-refractivity contribution in [2.45, 2.75) is 38.5 Å². The van der Waals surface area contributed by atoms with Gasteiger partial charge in [0.1, 0.15) is 0 Å². The van der Waals surface area contributed by atoms with Gasteiger partial charge in [0.05, 0.1) is 0 Å².